The molecular formula is C12H23NO4. The van der Waals surface area contributed by atoms with E-state index in [0.29, 0.717) is 25.9 Å². The number of likely N-dealkylation sites (tertiary alicyclic amines) is 1. The Bertz CT molecular complexity index is 235. The largest absolute Gasteiger partial charge is 0.481 e. The average molecular weight is 245 g/mol. The lowest BCUT2D eigenvalue weighted by molar-refractivity contribution is -0.144. The normalized spacial score (nSPS) is 26.0. The molecule has 0 spiro atoms. The van der Waals surface area contributed by atoms with Crippen molar-refractivity contribution in [3.63, 3.8) is 0 Å². The fourth-order valence-corrected chi connectivity index (χ4v) is 2.20. The van der Waals surface area contributed by atoms with Gasteiger partial charge in [-0.1, -0.05) is 0 Å². The van der Waals surface area contributed by atoms with Gasteiger partial charge in [0.05, 0.1) is 25.7 Å². The van der Waals surface area contributed by atoms with Crippen molar-refractivity contribution >= 4 is 5.97 Å². The van der Waals surface area contributed by atoms with Crippen LogP contribution < -0.4 is 0 Å². The minimum Gasteiger partial charge on any atom is -0.481 e. The van der Waals surface area contributed by atoms with Gasteiger partial charge >= 0.3 is 5.97 Å². The molecule has 5 heteroatoms. The number of carboxylic acids is 1. The van der Waals surface area contributed by atoms with Gasteiger partial charge in [0, 0.05) is 19.7 Å². The zero-order valence-electron chi connectivity index (χ0n) is 10.7. The molecule has 1 N–H and O–H groups in total. The van der Waals surface area contributed by atoms with Gasteiger partial charge in [-0.05, 0) is 26.3 Å². The van der Waals surface area contributed by atoms with Crippen LogP contribution in [-0.2, 0) is 14.3 Å². The molecule has 1 aliphatic heterocycles. The third kappa shape index (κ3) is 5.02. The number of ether oxygens (including phenoxy) is 2. The highest BCUT2D eigenvalue weighted by molar-refractivity contribution is 5.70. The van der Waals surface area contributed by atoms with Gasteiger partial charge in [0.15, 0.2) is 0 Å². The van der Waals surface area contributed by atoms with Crippen LogP contribution in [-0.4, -0.2) is 62.0 Å². The number of carboxylic acid groups (broad SMARTS) is 1. The lowest BCUT2D eigenvalue weighted by Crippen LogP contribution is -2.44. The van der Waals surface area contributed by atoms with Crippen molar-refractivity contribution < 1.29 is 19.4 Å². The maximum Gasteiger partial charge on any atom is 0.306 e. The summed E-state index contributed by atoms with van der Waals surface area (Å²) in [4.78, 5) is 13.2. The summed E-state index contributed by atoms with van der Waals surface area (Å²) in [6.07, 6.45) is 1.49. The van der Waals surface area contributed by atoms with Crippen LogP contribution >= 0.6 is 0 Å². The molecule has 0 aromatic heterocycles. The van der Waals surface area contributed by atoms with Crippen LogP contribution in [0.2, 0.25) is 0 Å². The van der Waals surface area contributed by atoms with Crippen LogP contribution in [0.4, 0.5) is 0 Å². The highest BCUT2D eigenvalue weighted by Crippen LogP contribution is 2.22. The quantitative estimate of drug-likeness (QED) is 0.673. The fourth-order valence-electron chi connectivity index (χ4n) is 2.20. The van der Waals surface area contributed by atoms with E-state index in [1.807, 2.05) is 0 Å². The van der Waals surface area contributed by atoms with Gasteiger partial charge < -0.3 is 14.6 Å². The first kappa shape index (κ1) is 14.4. The van der Waals surface area contributed by atoms with Crippen molar-refractivity contribution in [2.75, 3.05) is 40.0 Å². The Balaban J connectivity index is 2.16. The fraction of sp³-hybridized carbons (Fsp3) is 0.917. The molecule has 0 saturated carbocycles. The van der Waals surface area contributed by atoms with Crippen LogP contribution in [0.1, 0.15) is 19.8 Å². The molecule has 0 aromatic rings. The summed E-state index contributed by atoms with van der Waals surface area (Å²) in [5.41, 5.74) is 0. The minimum atomic E-state index is -0.659. The summed E-state index contributed by atoms with van der Waals surface area (Å²) in [7, 11) is 1.65. The number of nitrogens with zero attached hydrogens (tertiary/aromatic N) is 1. The first-order valence-corrected chi connectivity index (χ1v) is 6.18. The molecule has 1 heterocycles. The molecule has 100 valence electrons. The van der Waals surface area contributed by atoms with Crippen molar-refractivity contribution in [1.82, 2.24) is 4.90 Å². The maximum atomic E-state index is 10.9. The summed E-state index contributed by atoms with van der Waals surface area (Å²) in [5.74, 6) is -0.830. The monoisotopic (exact) mass is 245 g/mol. The Kier molecular flexibility index (Phi) is 6.47. The number of piperidine rings is 1. The summed E-state index contributed by atoms with van der Waals surface area (Å²) in [6, 6.07) is 0.330. The molecule has 0 aliphatic carbocycles. The van der Waals surface area contributed by atoms with E-state index >= 15 is 0 Å². The van der Waals surface area contributed by atoms with Crippen molar-refractivity contribution in [1.29, 1.82) is 0 Å². The van der Waals surface area contributed by atoms with E-state index in [2.05, 4.69) is 11.8 Å². The lowest BCUT2D eigenvalue weighted by Gasteiger charge is -2.36. The number of methoxy groups -OCH3 is 1. The molecule has 0 amide bonds. The first-order valence-electron chi connectivity index (χ1n) is 6.18. The SMILES string of the molecule is COCCOCCN1CCC(C(=O)O)CC1C. The maximum absolute atomic E-state index is 10.9. The third-order valence-electron chi connectivity index (χ3n) is 3.32. The zero-order valence-corrected chi connectivity index (χ0v) is 10.7. The summed E-state index contributed by atoms with van der Waals surface area (Å²) < 4.78 is 10.3. The van der Waals surface area contributed by atoms with Crippen LogP contribution in [0.25, 0.3) is 0 Å². The van der Waals surface area contributed by atoms with Gasteiger partial charge in [-0.3, -0.25) is 9.69 Å². The predicted octanol–water partition coefficient (Wildman–Crippen LogP) is 0.835. The number of aliphatic carboxylic acids is 1. The van der Waals surface area contributed by atoms with Gasteiger partial charge in [0.1, 0.15) is 0 Å². The Hall–Kier alpha value is -0.650. The van der Waals surface area contributed by atoms with E-state index in [1.165, 1.54) is 0 Å². The molecule has 17 heavy (non-hydrogen) atoms. The summed E-state index contributed by atoms with van der Waals surface area (Å²) >= 11 is 0. The molecule has 5 nitrogen and oxygen atoms in total. The molecule has 2 unspecified atom stereocenters. The van der Waals surface area contributed by atoms with Gasteiger partial charge in [0.25, 0.3) is 0 Å². The van der Waals surface area contributed by atoms with E-state index in [-0.39, 0.29) is 5.92 Å². The summed E-state index contributed by atoms with van der Waals surface area (Å²) in [6.45, 7) is 5.74. The standard InChI is InChI=1S/C12H23NO4/c1-10-9-11(12(14)15)3-4-13(10)5-6-17-8-7-16-2/h10-11H,3-9H2,1-2H3,(H,14,15). The highest BCUT2D eigenvalue weighted by atomic mass is 16.5. The molecule has 2 atom stereocenters. The predicted molar refractivity (Wildman–Crippen MR) is 64.1 cm³/mol. The van der Waals surface area contributed by atoms with Crippen LogP contribution in [0.15, 0.2) is 0 Å². The molecule has 1 aliphatic rings. The number of hydrogen-bond acceptors (Lipinski definition) is 4. The van der Waals surface area contributed by atoms with Gasteiger partial charge in [-0.25, -0.2) is 0 Å². The second-order valence-corrected chi connectivity index (χ2v) is 4.55. The Labute approximate surface area is 103 Å². The van der Waals surface area contributed by atoms with Crippen molar-refractivity contribution in [2.24, 2.45) is 5.92 Å². The third-order valence-corrected chi connectivity index (χ3v) is 3.32. The smallest absolute Gasteiger partial charge is 0.306 e. The molecule has 0 radical (unpaired) electrons. The van der Waals surface area contributed by atoms with Crippen molar-refractivity contribution in [3.05, 3.63) is 0 Å². The van der Waals surface area contributed by atoms with Gasteiger partial charge in [0.2, 0.25) is 0 Å². The topological polar surface area (TPSA) is 59.0 Å². The first-order chi connectivity index (χ1) is 8.15. The Morgan fingerprint density at radius 2 is 2.18 bits per heavy atom. The second kappa shape index (κ2) is 7.63. The van der Waals surface area contributed by atoms with Gasteiger partial charge in [-0.15, -0.1) is 0 Å². The number of rotatable bonds is 7. The molecule has 0 bridgehead atoms. The number of hydrogen-bond donors (Lipinski definition) is 1. The lowest BCUT2D eigenvalue weighted by atomic mass is 9.92. The Morgan fingerprint density at radius 1 is 1.41 bits per heavy atom. The molecule has 0 aromatic carbocycles. The van der Waals surface area contributed by atoms with E-state index < -0.39 is 5.97 Å². The minimum absolute atomic E-state index is 0.171. The van der Waals surface area contributed by atoms with E-state index in [9.17, 15) is 4.79 Å². The average Bonchev–Trinajstić information content (AvgIpc) is 2.30. The summed E-state index contributed by atoms with van der Waals surface area (Å²) in [5, 5.41) is 8.96. The Morgan fingerprint density at radius 3 is 2.76 bits per heavy atom. The van der Waals surface area contributed by atoms with E-state index in [4.69, 9.17) is 14.6 Å². The van der Waals surface area contributed by atoms with Crippen LogP contribution in [0.5, 0.6) is 0 Å². The van der Waals surface area contributed by atoms with Gasteiger partial charge in [-0.2, -0.15) is 0 Å². The highest BCUT2D eigenvalue weighted by Gasteiger charge is 2.29. The molecule has 1 saturated heterocycles. The van der Waals surface area contributed by atoms with Crippen molar-refractivity contribution in [3.8, 4) is 0 Å². The van der Waals surface area contributed by atoms with E-state index in [0.717, 1.165) is 25.9 Å². The van der Waals surface area contributed by atoms with Crippen LogP contribution in [0, 0.1) is 5.92 Å². The molecule has 1 rings (SSSR count). The van der Waals surface area contributed by atoms with E-state index in [1.54, 1.807) is 7.11 Å². The van der Waals surface area contributed by atoms with Crippen LogP contribution in [0.3, 0.4) is 0 Å². The van der Waals surface area contributed by atoms with Crippen molar-refractivity contribution in [2.45, 2.75) is 25.8 Å². The zero-order chi connectivity index (χ0) is 12.7. The molecule has 1 fully saturated rings. The number of carbonyl (C=O) groups is 1. The molecular weight excluding hydrogens is 222 g/mol. The second-order valence-electron chi connectivity index (χ2n) is 4.55.